The number of carbonyl (C=O) groups is 1. The van der Waals surface area contributed by atoms with Crippen molar-refractivity contribution in [1.29, 1.82) is 0 Å². The molecule has 0 saturated carbocycles. The van der Waals surface area contributed by atoms with Crippen LogP contribution >= 0.6 is 0 Å². The number of aliphatic carboxylic acids is 1. The summed E-state index contributed by atoms with van der Waals surface area (Å²) in [5.41, 5.74) is 0.974. The fraction of sp³-hybridized carbons (Fsp3) is 0.188. The van der Waals surface area contributed by atoms with Gasteiger partial charge in [0.15, 0.2) is 6.04 Å². The van der Waals surface area contributed by atoms with Gasteiger partial charge in [-0.2, -0.15) is 5.06 Å². The summed E-state index contributed by atoms with van der Waals surface area (Å²) in [5, 5.41) is 39.0. The first-order valence-electron chi connectivity index (χ1n) is 6.73. The number of aromatic hydroxyl groups is 2. The lowest BCUT2D eigenvalue weighted by Gasteiger charge is -2.23. The summed E-state index contributed by atoms with van der Waals surface area (Å²) in [6.45, 7) is 0.0181. The maximum atomic E-state index is 11.4. The van der Waals surface area contributed by atoms with Crippen LogP contribution in [-0.2, 0) is 11.2 Å². The predicted octanol–water partition coefficient (Wildman–Crippen LogP) is 2.16. The third-order valence-corrected chi connectivity index (χ3v) is 3.33. The first-order chi connectivity index (χ1) is 10.5. The maximum absolute atomic E-state index is 11.4. The Bertz CT molecular complexity index is 644. The Kier molecular flexibility index (Phi) is 4.98. The summed E-state index contributed by atoms with van der Waals surface area (Å²) in [4.78, 5) is 11.4. The Morgan fingerprint density at radius 2 is 1.77 bits per heavy atom. The topological polar surface area (TPSA) is 101 Å². The van der Waals surface area contributed by atoms with Gasteiger partial charge in [0, 0.05) is 12.6 Å². The highest BCUT2D eigenvalue weighted by Crippen LogP contribution is 2.24. The molecule has 0 aliphatic rings. The average molecular weight is 303 g/mol. The fourth-order valence-electron chi connectivity index (χ4n) is 2.21. The van der Waals surface area contributed by atoms with Gasteiger partial charge in [-0.15, -0.1) is 0 Å². The van der Waals surface area contributed by atoms with Crippen LogP contribution < -0.4 is 0 Å². The van der Waals surface area contributed by atoms with Gasteiger partial charge in [-0.25, -0.2) is 0 Å². The first kappa shape index (κ1) is 15.8. The number of hydrogen-bond donors (Lipinski definition) is 4. The molecule has 2 aromatic rings. The summed E-state index contributed by atoms with van der Waals surface area (Å²) in [6.07, 6.45) is 0.235. The van der Waals surface area contributed by atoms with E-state index in [1.165, 1.54) is 18.2 Å². The molecule has 0 saturated heterocycles. The summed E-state index contributed by atoms with van der Waals surface area (Å²) in [6, 6.07) is 11.4. The van der Waals surface area contributed by atoms with Crippen molar-refractivity contribution in [3.63, 3.8) is 0 Å². The molecule has 0 spiro atoms. The van der Waals surface area contributed by atoms with Gasteiger partial charge in [0.25, 0.3) is 0 Å². The Morgan fingerprint density at radius 1 is 1.09 bits per heavy atom. The molecular formula is C16H17NO5. The monoisotopic (exact) mass is 303 g/mol. The number of carboxylic acids is 1. The second-order valence-corrected chi connectivity index (χ2v) is 4.88. The Hall–Kier alpha value is -2.57. The Morgan fingerprint density at radius 3 is 2.36 bits per heavy atom. The Labute approximate surface area is 127 Å². The number of hydrogen-bond acceptors (Lipinski definition) is 5. The van der Waals surface area contributed by atoms with E-state index in [0.29, 0.717) is 11.1 Å². The average Bonchev–Trinajstić information content (AvgIpc) is 2.47. The van der Waals surface area contributed by atoms with E-state index in [0.717, 1.165) is 5.06 Å². The van der Waals surface area contributed by atoms with Gasteiger partial charge in [0.1, 0.15) is 11.5 Å². The van der Waals surface area contributed by atoms with Crippen LogP contribution in [0.15, 0.2) is 48.5 Å². The lowest BCUT2D eigenvalue weighted by molar-refractivity contribution is -0.170. The third-order valence-electron chi connectivity index (χ3n) is 3.33. The van der Waals surface area contributed by atoms with Crippen LogP contribution in [0.25, 0.3) is 0 Å². The van der Waals surface area contributed by atoms with Crippen molar-refractivity contribution in [1.82, 2.24) is 5.06 Å². The van der Waals surface area contributed by atoms with Gasteiger partial charge in [-0.05, 0) is 23.6 Å². The number of rotatable bonds is 6. The van der Waals surface area contributed by atoms with E-state index in [1.807, 2.05) is 0 Å². The van der Waals surface area contributed by atoms with Crippen molar-refractivity contribution in [3.8, 4) is 11.5 Å². The lowest BCUT2D eigenvalue weighted by atomic mass is 10.1. The minimum atomic E-state index is -1.18. The molecule has 0 aliphatic carbocycles. The van der Waals surface area contributed by atoms with Crippen LogP contribution in [0, 0.1) is 0 Å². The molecule has 0 fully saturated rings. The Balaban J connectivity index is 2.09. The van der Waals surface area contributed by atoms with Gasteiger partial charge in [-0.1, -0.05) is 36.4 Å². The van der Waals surface area contributed by atoms with E-state index < -0.39 is 12.0 Å². The normalized spacial score (nSPS) is 12.3. The van der Waals surface area contributed by atoms with E-state index in [2.05, 4.69) is 0 Å². The van der Waals surface area contributed by atoms with Crippen molar-refractivity contribution in [2.24, 2.45) is 0 Å². The van der Waals surface area contributed by atoms with Crippen molar-refractivity contribution >= 4 is 5.97 Å². The van der Waals surface area contributed by atoms with E-state index in [1.54, 1.807) is 30.3 Å². The number of benzene rings is 2. The number of nitrogens with zero attached hydrogens (tertiary/aromatic N) is 1. The molecule has 0 aliphatic heterocycles. The zero-order valence-electron chi connectivity index (χ0n) is 11.8. The quantitative estimate of drug-likeness (QED) is 0.610. The number of hydroxylamine groups is 2. The van der Waals surface area contributed by atoms with Crippen molar-refractivity contribution in [3.05, 3.63) is 59.7 Å². The van der Waals surface area contributed by atoms with Crippen molar-refractivity contribution in [2.45, 2.75) is 12.5 Å². The van der Waals surface area contributed by atoms with E-state index in [4.69, 9.17) is 0 Å². The molecule has 116 valence electrons. The zero-order chi connectivity index (χ0) is 16.1. The number of carboxylic acid groups (broad SMARTS) is 1. The molecule has 1 atom stereocenters. The van der Waals surface area contributed by atoms with Crippen LogP contribution in [0.2, 0.25) is 0 Å². The van der Waals surface area contributed by atoms with Crippen LogP contribution in [0.5, 0.6) is 11.5 Å². The predicted molar refractivity (Wildman–Crippen MR) is 78.8 cm³/mol. The maximum Gasteiger partial charge on any atom is 0.327 e. The molecule has 0 heterocycles. The zero-order valence-corrected chi connectivity index (χ0v) is 11.8. The second kappa shape index (κ2) is 6.93. The highest BCUT2D eigenvalue weighted by Gasteiger charge is 2.26. The fourth-order valence-corrected chi connectivity index (χ4v) is 2.21. The highest BCUT2D eigenvalue weighted by atomic mass is 16.5. The van der Waals surface area contributed by atoms with Crippen LogP contribution in [0.1, 0.15) is 17.2 Å². The van der Waals surface area contributed by atoms with E-state index in [-0.39, 0.29) is 24.5 Å². The van der Waals surface area contributed by atoms with Crippen molar-refractivity contribution in [2.75, 3.05) is 6.54 Å². The van der Waals surface area contributed by atoms with Gasteiger partial charge in [-0.3, -0.25) is 4.79 Å². The largest absolute Gasteiger partial charge is 0.508 e. The minimum absolute atomic E-state index is 0.0181. The summed E-state index contributed by atoms with van der Waals surface area (Å²) < 4.78 is 0. The SMILES string of the molecule is O=C(O)C(c1ccccc1)N(O)CCc1ccc(O)cc1O. The standard InChI is InChI=1S/C16H17NO5/c18-13-7-6-11(14(19)10-13)8-9-17(22)15(16(20)21)12-4-2-1-3-5-12/h1-7,10,15,18-19,22H,8-9H2,(H,20,21). The molecule has 0 aromatic heterocycles. The smallest absolute Gasteiger partial charge is 0.327 e. The third kappa shape index (κ3) is 3.75. The molecule has 2 aromatic carbocycles. The van der Waals surface area contributed by atoms with Gasteiger partial charge < -0.3 is 20.5 Å². The number of phenolic OH excluding ortho intramolecular Hbond substituents is 2. The molecule has 2 rings (SSSR count). The van der Waals surface area contributed by atoms with Crippen LogP contribution in [0.3, 0.4) is 0 Å². The molecule has 1 unspecified atom stereocenters. The summed E-state index contributed by atoms with van der Waals surface area (Å²) >= 11 is 0. The van der Waals surface area contributed by atoms with Gasteiger partial charge in [0.05, 0.1) is 0 Å². The molecule has 22 heavy (non-hydrogen) atoms. The molecule has 4 N–H and O–H groups in total. The summed E-state index contributed by atoms with van der Waals surface area (Å²) in [5.74, 6) is -1.32. The van der Waals surface area contributed by atoms with Crippen LogP contribution in [-0.4, -0.2) is 38.1 Å². The van der Waals surface area contributed by atoms with Crippen LogP contribution in [0.4, 0.5) is 0 Å². The van der Waals surface area contributed by atoms with Crippen molar-refractivity contribution < 1.29 is 25.3 Å². The molecular weight excluding hydrogens is 286 g/mol. The molecule has 0 amide bonds. The lowest BCUT2D eigenvalue weighted by Crippen LogP contribution is -2.33. The first-order valence-corrected chi connectivity index (χ1v) is 6.73. The molecule has 0 bridgehead atoms. The molecule has 6 nitrogen and oxygen atoms in total. The molecule has 6 heteroatoms. The van der Waals surface area contributed by atoms with E-state index >= 15 is 0 Å². The highest BCUT2D eigenvalue weighted by molar-refractivity contribution is 5.75. The van der Waals surface area contributed by atoms with E-state index in [9.17, 15) is 25.3 Å². The van der Waals surface area contributed by atoms with Gasteiger partial charge in [0.2, 0.25) is 0 Å². The minimum Gasteiger partial charge on any atom is -0.508 e. The second-order valence-electron chi connectivity index (χ2n) is 4.88. The summed E-state index contributed by atoms with van der Waals surface area (Å²) in [7, 11) is 0. The van der Waals surface area contributed by atoms with Gasteiger partial charge >= 0.3 is 5.97 Å². The number of phenols is 2. The molecule has 0 radical (unpaired) electrons.